The highest BCUT2D eigenvalue weighted by molar-refractivity contribution is 5.94. The van der Waals surface area contributed by atoms with Crippen LogP contribution in [0, 0.1) is 17.2 Å². The van der Waals surface area contributed by atoms with Gasteiger partial charge in [0.1, 0.15) is 11.5 Å². The van der Waals surface area contributed by atoms with Gasteiger partial charge in [0.25, 0.3) is 0 Å². The highest BCUT2D eigenvalue weighted by atomic mass is 16.2. The molecule has 4 rings (SSSR count). The van der Waals surface area contributed by atoms with Crippen molar-refractivity contribution in [2.45, 2.75) is 45.1 Å². The molecule has 1 atom stereocenters. The van der Waals surface area contributed by atoms with Crippen molar-refractivity contribution < 1.29 is 9.59 Å². The second-order valence-corrected chi connectivity index (χ2v) is 7.88. The van der Waals surface area contributed by atoms with Gasteiger partial charge in [-0.25, -0.2) is 4.98 Å². The number of rotatable bonds is 7. The molecule has 0 bridgehead atoms. The molecular weight excluding hydrogens is 366 g/mol. The minimum atomic E-state index is 0.102. The first-order valence-electron chi connectivity index (χ1n) is 10.2. The van der Waals surface area contributed by atoms with Crippen molar-refractivity contribution in [3.05, 3.63) is 30.0 Å². The molecule has 3 heterocycles. The van der Waals surface area contributed by atoms with Crippen LogP contribution in [0.25, 0.3) is 16.6 Å². The number of pyridine rings is 1. The smallest absolute Gasteiger partial charge is 0.222 e. The van der Waals surface area contributed by atoms with E-state index in [1.807, 2.05) is 23.2 Å². The third kappa shape index (κ3) is 3.88. The first-order valence-corrected chi connectivity index (χ1v) is 10.2. The Morgan fingerprint density at radius 2 is 2.31 bits per heavy atom. The van der Waals surface area contributed by atoms with Crippen LogP contribution < -0.4 is 4.90 Å². The fourth-order valence-electron chi connectivity index (χ4n) is 4.04. The monoisotopic (exact) mass is 391 g/mol. The van der Waals surface area contributed by atoms with E-state index in [4.69, 9.17) is 5.26 Å². The van der Waals surface area contributed by atoms with Crippen molar-refractivity contribution in [1.82, 2.24) is 14.9 Å². The number of hydrogen-bond donors (Lipinski definition) is 1. The average Bonchev–Trinajstić information content (AvgIpc) is 3.44. The van der Waals surface area contributed by atoms with E-state index in [2.05, 4.69) is 29.0 Å². The lowest BCUT2D eigenvalue weighted by molar-refractivity contribution is -0.131. The first-order chi connectivity index (χ1) is 14.1. The van der Waals surface area contributed by atoms with Crippen LogP contribution in [-0.4, -0.2) is 46.3 Å². The van der Waals surface area contributed by atoms with Gasteiger partial charge in [-0.05, 0) is 48.4 Å². The number of amides is 2. The maximum absolute atomic E-state index is 12.4. The number of aromatic amines is 1. The number of nitrogens with one attached hydrogen (secondary N) is 1. The summed E-state index contributed by atoms with van der Waals surface area (Å²) in [7, 11) is 0. The van der Waals surface area contributed by atoms with Gasteiger partial charge in [-0.15, -0.1) is 0 Å². The minimum Gasteiger partial charge on any atom is -0.346 e. The summed E-state index contributed by atoms with van der Waals surface area (Å²) in [5, 5.41) is 9.69. The number of nitrogens with zero attached hydrogens (tertiary/aromatic N) is 4. The molecule has 2 aliphatic rings. The van der Waals surface area contributed by atoms with Crippen LogP contribution >= 0.6 is 0 Å². The topological polar surface area (TPSA) is 93.1 Å². The molecule has 1 aliphatic carbocycles. The Morgan fingerprint density at radius 3 is 3.00 bits per heavy atom. The van der Waals surface area contributed by atoms with Gasteiger partial charge in [0, 0.05) is 43.6 Å². The molecule has 7 nitrogen and oxygen atoms in total. The minimum absolute atomic E-state index is 0.102. The summed E-state index contributed by atoms with van der Waals surface area (Å²) in [5.74, 6) is 0.948. The number of nitriles is 1. The van der Waals surface area contributed by atoms with Gasteiger partial charge in [-0.3, -0.25) is 14.5 Å². The van der Waals surface area contributed by atoms with Crippen LogP contribution in [0.3, 0.4) is 0 Å². The molecule has 1 fully saturated rings. The number of aromatic nitrogens is 2. The summed E-state index contributed by atoms with van der Waals surface area (Å²) in [4.78, 5) is 35.5. The summed E-state index contributed by atoms with van der Waals surface area (Å²) in [6.45, 7) is 3.34. The number of hydrogen-bond acceptors (Lipinski definition) is 4. The molecular formula is C22H25N5O2. The van der Waals surface area contributed by atoms with Gasteiger partial charge in [0.05, 0.1) is 6.07 Å². The van der Waals surface area contributed by atoms with E-state index in [0.29, 0.717) is 38.2 Å². The highest BCUT2D eigenvalue weighted by Crippen LogP contribution is 2.36. The predicted octanol–water partition coefficient (Wildman–Crippen LogP) is 3.24. The van der Waals surface area contributed by atoms with Gasteiger partial charge >= 0.3 is 0 Å². The van der Waals surface area contributed by atoms with Crippen LogP contribution in [-0.2, 0) is 9.59 Å². The second-order valence-electron chi connectivity index (χ2n) is 7.88. The Hall–Kier alpha value is -3.14. The molecule has 7 heteroatoms. The average molecular weight is 391 g/mol. The van der Waals surface area contributed by atoms with E-state index in [9.17, 15) is 9.59 Å². The highest BCUT2D eigenvalue weighted by Gasteiger charge is 2.31. The molecule has 2 aromatic rings. The first kappa shape index (κ1) is 19.2. The Kier molecular flexibility index (Phi) is 5.34. The Bertz CT molecular complexity index is 998. The van der Waals surface area contributed by atoms with E-state index in [0.717, 1.165) is 35.8 Å². The number of carbonyl (C=O) groups excluding carboxylic acids is 2. The molecule has 29 heavy (non-hydrogen) atoms. The molecule has 1 saturated carbocycles. The zero-order chi connectivity index (χ0) is 20.4. The number of carbonyl (C=O) groups is 2. The van der Waals surface area contributed by atoms with Crippen LogP contribution in [0.1, 0.15) is 44.6 Å². The summed E-state index contributed by atoms with van der Waals surface area (Å²) in [5.41, 5.74) is 3.02. The van der Waals surface area contributed by atoms with Gasteiger partial charge in [-0.1, -0.05) is 13.0 Å². The van der Waals surface area contributed by atoms with Crippen LogP contribution in [0.4, 0.5) is 5.82 Å². The van der Waals surface area contributed by atoms with E-state index in [1.165, 1.54) is 5.57 Å². The Labute approximate surface area is 170 Å². The van der Waals surface area contributed by atoms with Gasteiger partial charge in [0.15, 0.2) is 0 Å². The van der Waals surface area contributed by atoms with E-state index in [1.54, 1.807) is 4.90 Å². The zero-order valence-electron chi connectivity index (χ0n) is 16.6. The zero-order valence-corrected chi connectivity index (χ0v) is 16.6. The number of fused-ring (bicyclic) bond motifs is 1. The molecule has 0 radical (unpaired) electrons. The fourth-order valence-corrected chi connectivity index (χ4v) is 4.04. The Morgan fingerprint density at radius 1 is 1.48 bits per heavy atom. The van der Waals surface area contributed by atoms with Crippen LogP contribution in [0.15, 0.2) is 24.4 Å². The Balaban J connectivity index is 1.62. The predicted molar refractivity (Wildman–Crippen MR) is 111 cm³/mol. The van der Waals surface area contributed by atoms with Crippen molar-refractivity contribution in [3.8, 4) is 6.07 Å². The third-order valence-electron chi connectivity index (χ3n) is 5.73. The summed E-state index contributed by atoms with van der Waals surface area (Å²) >= 11 is 0. The third-order valence-corrected chi connectivity index (χ3v) is 5.73. The SMILES string of the molecule is CC1CN(C(=O)CCCC#N)CC=C1c1cc(N(C=O)C2CC2)nc2[nH]ccc12. The van der Waals surface area contributed by atoms with Crippen LogP contribution in [0.5, 0.6) is 0 Å². The van der Waals surface area contributed by atoms with Crippen molar-refractivity contribution in [3.63, 3.8) is 0 Å². The molecule has 2 aromatic heterocycles. The van der Waals surface area contributed by atoms with Crippen LogP contribution in [0.2, 0.25) is 0 Å². The summed E-state index contributed by atoms with van der Waals surface area (Å²) in [6, 6.07) is 6.36. The standard InChI is InChI=1S/C22H25N5O2/c1-15-13-26(21(29)4-2-3-9-23)11-8-17(15)19-12-20(27(14-28)16-5-6-16)25-22-18(19)7-10-24-22/h7-8,10,12,14-16H,2-6,11,13H2,1H3,(H,24,25). The molecule has 0 aromatic carbocycles. The lowest BCUT2D eigenvalue weighted by atomic mass is 9.89. The molecule has 1 unspecified atom stereocenters. The molecule has 150 valence electrons. The molecule has 1 aliphatic heterocycles. The van der Waals surface area contributed by atoms with Gasteiger partial charge < -0.3 is 9.88 Å². The van der Waals surface area contributed by atoms with Gasteiger partial charge in [-0.2, -0.15) is 5.26 Å². The van der Waals surface area contributed by atoms with Crippen molar-refractivity contribution in [2.24, 2.45) is 5.92 Å². The maximum Gasteiger partial charge on any atom is 0.222 e. The van der Waals surface area contributed by atoms with Gasteiger partial charge in [0.2, 0.25) is 12.3 Å². The lowest BCUT2D eigenvalue weighted by Crippen LogP contribution is -2.38. The van der Waals surface area contributed by atoms with E-state index in [-0.39, 0.29) is 17.9 Å². The number of anilines is 1. The second kappa shape index (κ2) is 8.08. The van der Waals surface area contributed by atoms with Crippen molar-refractivity contribution in [2.75, 3.05) is 18.0 Å². The number of unbranched alkanes of at least 4 members (excludes halogenated alkanes) is 1. The molecule has 1 N–H and O–H groups in total. The van der Waals surface area contributed by atoms with E-state index >= 15 is 0 Å². The number of H-pyrrole nitrogens is 1. The summed E-state index contributed by atoms with van der Waals surface area (Å²) in [6.07, 6.45) is 8.32. The lowest BCUT2D eigenvalue weighted by Gasteiger charge is -2.32. The van der Waals surface area contributed by atoms with E-state index < -0.39 is 0 Å². The van der Waals surface area contributed by atoms with Crippen molar-refractivity contribution >= 4 is 34.7 Å². The molecule has 0 saturated heterocycles. The fraction of sp³-hybridized carbons (Fsp3) is 0.455. The van der Waals surface area contributed by atoms with Crippen molar-refractivity contribution in [1.29, 1.82) is 5.26 Å². The normalized spacial score (nSPS) is 19.0. The molecule has 2 amide bonds. The quantitative estimate of drug-likeness (QED) is 0.579. The molecule has 0 spiro atoms. The summed E-state index contributed by atoms with van der Waals surface area (Å²) < 4.78 is 0. The largest absolute Gasteiger partial charge is 0.346 e. The maximum atomic E-state index is 12.4.